The molecule has 0 amide bonds. The minimum absolute atomic E-state index is 0.0309. The standard InChI is InChI=1S/C14H11N3O/c1-2-6-11-9(4-1)8-12(18-11)14-16-10-5-3-7-15-13(10)17-14/h1-7,12H,8H2,(H,15,16,17). The summed E-state index contributed by atoms with van der Waals surface area (Å²) < 4.78 is 5.90. The Hall–Kier alpha value is -2.36. The molecule has 1 aromatic carbocycles. The lowest BCUT2D eigenvalue weighted by atomic mass is 10.1. The summed E-state index contributed by atoms with van der Waals surface area (Å²) in [5.74, 6) is 1.80. The molecule has 0 saturated carbocycles. The lowest BCUT2D eigenvalue weighted by molar-refractivity contribution is 0.229. The van der Waals surface area contributed by atoms with E-state index in [0.29, 0.717) is 0 Å². The van der Waals surface area contributed by atoms with Crippen molar-refractivity contribution >= 4 is 11.2 Å². The quantitative estimate of drug-likeness (QED) is 0.707. The van der Waals surface area contributed by atoms with Crippen molar-refractivity contribution < 1.29 is 4.74 Å². The molecule has 4 rings (SSSR count). The van der Waals surface area contributed by atoms with E-state index in [0.717, 1.165) is 29.2 Å². The zero-order chi connectivity index (χ0) is 11.9. The Labute approximate surface area is 104 Å². The molecule has 1 atom stereocenters. The topological polar surface area (TPSA) is 50.8 Å². The van der Waals surface area contributed by atoms with Gasteiger partial charge in [0.2, 0.25) is 0 Å². The summed E-state index contributed by atoms with van der Waals surface area (Å²) in [6.45, 7) is 0. The Morgan fingerprint density at radius 1 is 1.17 bits per heavy atom. The predicted molar refractivity (Wildman–Crippen MR) is 67.4 cm³/mol. The van der Waals surface area contributed by atoms with E-state index in [-0.39, 0.29) is 6.10 Å². The molecule has 0 spiro atoms. The van der Waals surface area contributed by atoms with Gasteiger partial charge in [-0.1, -0.05) is 18.2 Å². The third-order valence-corrected chi connectivity index (χ3v) is 3.23. The number of rotatable bonds is 1. The highest BCUT2D eigenvalue weighted by molar-refractivity contribution is 5.70. The monoisotopic (exact) mass is 237 g/mol. The average Bonchev–Trinajstić information content (AvgIpc) is 3.02. The second-order valence-electron chi connectivity index (χ2n) is 4.41. The van der Waals surface area contributed by atoms with Crippen LogP contribution in [-0.4, -0.2) is 15.0 Å². The van der Waals surface area contributed by atoms with Crippen LogP contribution in [0.1, 0.15) is 17.5 Å². The SMILES string of the molecule is c1ccc2c(c1)CC(c1nc3ncccc3[nH]1)O2. The molecule has 18 heavy (non-hydrogen) atoms. The summed E-state index contributed by atoms with van der Waals surface area (Å²) in [4.78, 5) is 12.0. The first-order valence-corrected chi connectivity index (χ1v) is 5.95. The van der Waals surface area contributed by atoms with E-state index < -0.39 is 0 Å². The highest BCUT2D eigenvalue weighted by Gasteiger charge is 2.26. The largest absolute Gasteiger partial charge is 0.482 e. The van der Waals surface area contributed by atoms with Gasteiger partial charge in [0.05, 0.1) is 5.52 Å². The molecular formula is C14H11N3O. The van der Waals surface area contributed by atoms with Gasteiger partial charge in [0.1, 0.15) is 5.75 Å². The van der Waals surface area contributed by atoms with Crippen LogP contribution in [0, 0.1) is 0 Å². The molecule has 0 aliphatic carbocycles. The number of pyridine rings is 1. The summed E-state index contributed by atoms with van der Waals surface area (Å²) in [5, 5.41) is 0. The van der Waals surface area contributed by atoms with Crippen LogP contribution in [0.25, 0.3) is 11.2 Å². The van der Waals surface area contributed by atoms with Gasteiger partial charge in [-0.05, 0) is 23.8 Å². The van der Waals surface area contributed by atoms with Crippen molar-refractivity contribution in [3.63, 3.8) is 0 Å². The van der Waals surface area contributed by atoms with Gasteiger partial charge in [0.15, 0.2) is 17.6 Å². The van der Waals surface area contributed by atoms with Crippen molar-refractivity contribution in [2.24, 2.45) is 0 Å². The second-order valence-corrected chi connectivity index (χ2v) is 4.41. The van der Waals surface area contributed by atoms with Gasteiger partial charge in [-0.3, -0.25) is 0 Å². The van der Waals surface area contributed by atoms with Gasteiger partial charge in [-0.15, -0.1) is 0 Å². The fourth-order valence-electron chi connectivity index (χ4n) is 2.35. The number of ether oxygens (including phenoxy) is 1. The molecule has 0 saturated heterocycles. The molecule has 3 aromatic rings. The fraction of sp³-hybridized carbons (Fsp3) is 0.143. The van der Waals surface area contributed by atoms with Gasteiger partial charge >= 0.3 is 0 Å². The highest BCUT2D eigenvalue weighted by atomic mass is 16.5. The normalized spacial score (nSPS) is 17.7. The Morgan fingerprint density at radius 3 is 3.00 bits per heavy atom. The van der Waals surface area contributed by atoms with E-state index in [2.05, 4.69) is 21.0 Å². The van der Waals surface area contributed by atoms with Crippen molar-refractivity contribution in [2.75, 3.05) is 0 Å². The van der Waals surface area contributed by atoms with Gasteiger partial charge < -0.3 is 9.72 Å². The Balaban J connectivity index is 1.73. The molecule has 2 aromatic heterocycles. The van der Waals surface area contributed by atoms with E-state index in [4.69, 9.17) is 4.74 Å². The maximum Gasteiger partial charge on any atom is 0.177 e. The van der Waals surface area contributed by atoms with E-state index in [1.807, 2.05) is 30.3 Å². The number of aromatic amines is 1. The molecule has 0 bridgehead atoms. The molecule has 1 aliphatic rings. The molecule has 3 heterocycles. The number of imidazole rings is 1. The molecule has 0 radical (unpaired) electrons. The number of hydrogen-bond acceptors (Lipinski definition) is 3. The van der Waals surface area contributed by atoms with Crippen LogP contribution in [0.15, 0.2) is 42.6 Å². The number of aromatic nitrogens is 3. The third kappa shape index (κ3) is 1.39. The van der Waals surface area contributed by atoms with Gasteiger partial charge in [-0.25, -0.2) is 9.97 Å². The Morgan fingerprint density at radius 2 is 2.11 bits per heavy atom. The Kier molecular flexibility index (Phi) is 1.91. The number of nitrogens with zero attached hydrogens (tertiary/aromatic N) is 2. The smallest absolute Gasteiger partial charge is 0.177 e. The number of nitrogens with one attached hydrogen (secondary N) is 1. The number of para-hydroxylation sites is 1. The number of fused-ring (bicyclic) bond motifs is 2. The molecule has 88 valence electrons. The van der Waals surface area contributed by atoms with Crippen LogP contribution in [0.3, 0.4) is 0 Å². The first-order chi connectivity index (χ1) is 8.90. The van der Waals surface area contributed by atoms with Gasteiger partial charge in [0.25, 0.3) is 0 Å². The van der Waals surface area contributed by atoms with Crippen LogP contribution < -0.4 is 4.74 Å². The molecule has 4 nitrogen and oxygen atoms in total. The first-order valence-electron chi connectivity index (χ1n) is 5.95. The van der Waals surface area contributed by atoms with E-state index in [1.54, 1.807) is 6.20 Å². The maximum atomic E-state index is 5.90. The summed E-state index contributed by atoms with van der Waals surface area (Å²) in [6, 6.07) is 12.0. The van der Waals surface area contributed by atoms with Crippen molar-refractivity contribution in [3.05, 3.63) is 54.0 Å². The minimum Gasteiger partial charge on any atom is -0.482 e. The lowest BCUT2D eigenvalue weighted by Crippen LogP contribution is -2.05. The van der Waals surface area contributed by atoms with E-state index in [9.17, 15) is 0 Å². The van der Waals surface area contributed by atoms with Crippen LogP contribution in [0.2, 0.25) is 0 Å². The van der Waals surface area contributed by atoms with Gasteiger partial charge in [0, 0.05) is 12.6 Å². The average molecular weight is 237 g/mol. The van der Waals surface area contributed by atoms with E-state index in [1.165, 1.54) is 5.56 Å². The number of benzene rings is 1. The lowest BCUT2D eigenvalue weighted by Gasteiger charge is -2.06. The molecule has 1 N–H and O–H groups in total. The van der Waals surface area contributed by atoms with Crippen molar-refractivity contribution in [1.29, 1.82) is 0 Å². The number of H-pyrrole nitrogens is 1. The predicted octanol–water partition coefficient (Wildman–Crippen LogP) is 2.63. The van der Waals surface area contributed by atoms with Crippen LogP contribution in [-0.2, 0) is 6.42 Å². The molecular weight excluding hydrogens is 226 g/mol. The summed E-state index contributed by atoms with van der Waals surface area (Å²) >= 11 is 0. The van der Waals surface area contributed by atoms with E-state index >= 15 is 0 Å². The van der Waals surface area contributed by atoms with Gasteiger partial charge in [-0.2, -0.15) is 0 Å². The zero-order valence-corrected chi connectivity index (χ0v) is 9.63. The van der Waals surface area contributed by atoms with Crippen molar-refractivity contribution in [3.8, 4) is 5.75 Å². The third-order valence-electron chi connectivity index (χ3n) is 3.23. The first kappa shape index (κ1) is 9.65. The summed E-state index contributed by atoms with van der Waals surface area (Å²) in [7, 11) is 0. The van der Waals surface area contributed by atoms with Crippen LogP contribution >= 0.6 is 0 Å². The van der Waals surface area contributed by atoms with Crippen molar-refractivity contribution in [1.82, 2.24) is 15.0 Å². The molecule has 0 fully saturated rings. The Bertz CT molecular complexity index is 662. The second kappa shape index (κ2) is 3.57. The minimum atomic E-state index is -0.0309. The number of hydrogen-bond donors (Lipinski definition) is 1. The fourth-order valence-corrected chi connectivity index (χ4v) is 2.35. The zero-order valence-electron chi connectivity index (χ0n) is 9.63. The van der Waals surface area contributed by atoms with Crippen LogP contribution in [0.4, 0.5) is 0 Å². The highest BCUT2D eigenvalue weighted by Crippen LogP contribution is 2.35. The summed E-state index contributed by atoms with van der Waals surface area (Å²) in [5.41, 5.74) is 2.93. The molecule has 1 unspecified atom stereocenters. The van der Waals surface area contributed by atoms with Crippen LogP contribution in [0.5, 0.6) is 5.75 Å². The summed E-state index contributed by atoms with van der Waals surface area (Å²) in [6.07, 6.45) is 2.57. The molecule has 4 heteroatoms. The molecule has 1 aliphatic heterocycles. The van der Waals surface area contributed by atoms with Crippen molar-refractivity contribution in [2.45, 2.75) is 12.5 Å². The maximum absolute atomic E-state index is 5.90.